The van der Waals surface area contributed by atoms with E-state index in [-0.39, 0.29) is 5.91 Å². The molecule has 2 nitrogen and oxygen atoms in total. The number of fused-ring (bicyclic) bond motifs is 1. The van der Waals surface area contributed by atoms with E-state index in [4.69, 9.17) is 0 Å². The van der Waals surface area contributed by atoms with Crippen LogP contribution in [0.5, 0.6) is 0 Å². The summed E-state index contributed by atoms with van der Waals surface area (Å²) < 4.78 is 0. The minimum atomic E-state index is -0.0493. The second-order valence-corrected chi connectivity index (χ2v) is 7.10. The van der Waals surface area contributed by atoms with Gasteiger partial charge in [-0.3, -0.25) is 4.79 Å². The zero-order valence-electron chi connectivity index (χ0n) is 15.3. The lowest BCUT2D eigenvalue weighted by atomic mass is 9.92. The normalized spacial score (nSPS) is 11.3. The first-order chi connectivity index (χ1) is 12.0. The molecule has 2 heteroatoms. The summed E-state index contributed by atoms with van der Waals surface area (Å²) in [6.07, 6.45) is 0. The van der Waals surface area contributed by atoms with Gasteiger partial charge in [0.15, 0.2) is 0 Å². The third-order valence-corrected chi connectivity index (χ3v) is 4.65. The largest absolute Gasteiger partial charge is 0.321 e. The highest BCUT2D eigenvalue weighted by molar-refractivity contribution is 6.13. The standard InChI is InChI=1S/C23H25NO/c1-15(2)18-12-8-13-19(16(3)4)22(18)24-23(25)21-14-7-10-17-9-5-6-11-20(17)21/h5-16H,1-4H3,(H,24,25). The molecule has 1 N–H and O–H groups in total. The molecule has 0 spiro atoms. The van der Waals surface area contributed by atoms with Crippen LogP contribution in [-0.4, -0.2) is 5.91 Å². The highest BCUT2D eigenvalue weighted by atomic mass is 16.1. The Morgan fingerprint density at radius 1 is 0.760 bits per heavy atom. The highest BCUT2D eigenvalue weighted by Gasteiger charge is 2.17. The van der Waals surface area contributed by atoms with Crippen LogP contribution >= 0.6 is 0 Å². The van der Waals surface area contributed by atoms with E-state index in [2.05, 4.69) is 51.2 Å². The van der Waals surface area contributed by atoms with Crippen LogP contribution in [0.15, 0.2) is 60.7 Å². The first-order valence-electron chi connectivity index (χ1n) is 8.91. The van der Waals surface area contributed by atoms with Crippen LogP contribution in [0, 0.1) is 0 Å². The van der Waals surface area contributed by atoms with E-state index in [0.29, 0.717) is 17.4 Å². The molecule has 0 radical (unpaired) electrons. The van der Waals surface area contributed by atoms with Crippen LogP contribution in [0.4, 0.5) is 5.69 Å². The topological polar surface area (TPSA) is 29.1 Å². The molecule has 0 fully saturated rings. The zero-order chi connectivity index (χ0) is 18.0. The number of carbonyl (C=O) groups is 1. The van der Waals surface area contributed by atoms with E-state index in [1.807, 2.05) is 42.5 Å². The molecule has 0 aliphatic rings. The maximum Gasteiger partial charge on any atom is 0.256 e. The Morgan fingerprint density at radius 3 is 1.96 bits per heavy atom. The molecule has 0 heterocycles. The van der Waals surface area contributed by atoms with Crippen LogP contribution in [0.1, 0.15) is 61.0 Å². The van der Waals surface area contributed by atoms with Gasteiger partial charge in [-0.1, -0.05) is 82.3 Å². The van der Waals surface area contributed by atoms with Crippen molar-refractivity contribution in [1.82, 2.24) is 0 Å². The van der Waals surface area contributed by atoms with Gasteiger partial charge < -0.3 is 5.32 Å². The van der Waals surface area contributed by atoms with Gasteiger partial charge in [0.25, 0.3) is 5.91 Å². The van der Waals surface area contributed by atoms with Gasteiger partial charge in [0.2, 0.25) is 0 Å². The van der Waals surface area contributed by atoms with Crippen LogP contribution in [0.25, 0.3) is 10.8 Å². The second-order valence-electron chi connectivity index (χ2n) is 7.10. The molecule has 3 aromatic rings. The minimum Gasteiger partial charge on any atom is -0.321 e. The van der Waals surface area contributed by atoms with Gasteiger partial charge in [-0.15, -0.1) is 0 Å². The first-order valence-corrected chi connectivity index (χ1v) is 8.91. The van der Waals surface area contributed by atoms with E-state index in [1.54, 1.807) is 0 Å². The van der Waals surface area contributed by atoms with Gasteiger partial charge in [-0.25, -0.2) is 0 Å². The molecule has 0 bridgehead atoms. The average molecular weight is 331 g/mol. The van der Waals surface area contributed by atoms with Crippen molar-refractivity contribution in [3.63, 3.8) is 0 Å². The number of nitrogens with one attached hydrogen (secondary N) is 1. The van der Waals surface area contributed by atoms with Gasteiger partial charge in [-0.05, 0) is 39.8 Å². The Kier molecular flexibility index (Phi) is 4.89. The Labute approximate surface area is 149 Å². The Hall–Kier alpha value is -2.61. The van der Waals surface area contributed by atoms with Crippen molar-refractivity contribution in [2.45, 2.75) is 39.5 Å². The Morgan fingerprint density at radius 2 is 1.32 bits per heavy atom. The lowest BCUT2D eigenvalue weighted by molar-refractivity contribution is 0.102. The molecule has 3 aromatic carbocycles. The zero-order valence-corrected chi connectivity index (χ0v) is 15.3. The van der Waals surface area contributed by atoms with Crippen LogP contribution in [0.3, 0.4) is 0 Å². The summed E-state index contributed by atoms with van der Waals surface area (Å²) in [5.74, 6) is 0.648. The summed E-state index contributed by atoms with van der Waals surface area (Å²) in [4.78, 5) is 13.1. The smallest absolute Gasteiger partial charge is 0.256 e. The fourth-order valence-corrected chi connectivity index (χ4v) is 3.30. The maximum absolute atomic E-state index is 13.1. The van der Waals surface area contributed by atoms with Gasteiger partial charge in [0.1, 0.15) is 0 Å². The van der Waals surface area contributed by atoms with Crippen LogP contribution in [0.2, 0.25) is 0 Å². The molecule has 0 aliphatic carbocycles. The molecule has 1 amide bonds. The SMILES string of the molecule is CC(C)c1cccc(C(C)C)c1NC(=O)c1cccc2ccccc12. The van der Waals surface area contributed by atoms with Crippen molar-refractivity contribution in [1.29, 1.82) is 0 Å². The summed E-state index contributed by atoms with van der Waals surface area (Å²) in [5, 5.41) is 5.27. The molecule has 0 aromatic heterocycles. The first kappa shape index (κ1) is 17.2. The summed E-state index contributed by atoms with van der Waals surface area (Å²) in [5.41, 5.74) is 4.04. The number of benzene rings is 3. The molecule has 0 saturated heterocycles. The molecular weight excluding hydrogens is 306 g/mol. The second kappa shape index (κ2) is 7.10. The summed E-state index contributed by atoms with van der Waals surface area (Å²) >= 11 is 0. The summed E-state index contributed by atoms with van der Waals surface area (Å²) in [6.45, 7) is 8.64. The van der Waals surface area contributed by atoms with Gasteiger partial charge in [0, 0.05) is 11.3 Å². The summed E-state index contributed by atoms with van der Waals surface area (Å²) in [7, 11) is 0. The molecule has 128 valence electrons. The number of hydrogen-bond acceptors (Lipinski definition) is 1. The number of rotatable bonds is 4. The quantitative estimate of drug-likeness (QED) is 0.594. The third-order valence-electron chi connectivity index (χ3n) is 4.65. The molecular formula is C23H25NO. The van der Waals surface area contributed by atoms with Crippen molar-refractivity contribution < 1.29 is 4.79 Å². The highest BCUT2D eigenvalue weighted by Crippen LogP contribution is 2.33. The Bertz CT molecular complexity index is 877. The summed E-state index contributed by atoms with van der Waals surface area (Å²) in [6, 6.07) is 20.2. The maximum atomic E-state index is 13.1. The number of amides is 1. The Balaban J connectivity index is 2.06. The van der Waals surface area contributed by atoms with Gasteiger partial charge in [0.05, 0.1) is 0 Å². The minimum absolute atomic E-state index is 0.0493. The molecule has 3 rings (SSSR count). The van der Waals surface area contributed by atoms with Crippen LogP contribution in [-0.2, 0) is 0 Å². The lowest BCUT2D eigenvalue weighted by Crippen LogP contribution is -2.16. The predicted octanol–water partition coefficient (Wildman–Crippen LogP) is 6.34. The van der Waals surface area contributed by atoms with E-state index in [9.17, 15) is 4.79 Å². The van der Waals surface area contributed by atoms with Crippen molar-refractivity contribution in [3.8, 4) is 0 Å². The van der Waals surface area contributed by atoms with Gasteiger partial charge >= 0.3 is 0 Å². The molecule has 0 saturated carbocycles. The van der Waals surface area contributed by atoms with E-state index in [0.717, 1.165) is 16.5 Å². The lowest BCUT2D eigenvalue weighted by Gasteiger charge is -2.20. The van der Waals surface area contributed by atoms with Gasteiger partial charge in [-0.2, -0.15) is 0 Å². The monoisotopic (exact) mass is 331 g/mol. The van der Waals surface area contributed by atoms with Crippen LogP contribution < -0.4 is 5.32 Å². The molecule has 25 heavy (non-hydrogen) atoms. The van der Waals surface area contributed by atoms with Crippen molar-refractivity contribution in [2.75, 3.05) is 5.32 Å². The third kappa shape index (κ3) is 3.43. The fourth-order valence-electron chi connectivity index (χ4n) is 3.30. The fraction of sp³-hybridized carbons (Fsp3) is 0.261. The number of para-hydroxylation sites is 1. The van der Waals surface area contributed by atoms with E-state index < -0.39 is 0 Å². The number of carbonyl (C=O) groups excluding carboxylic acids is 1. The molecule has 0 aliphatic heterocycles. The van der Waals surface area contributed by atoms with Crippen molar-refractivity contribution in [3.05, 3.63) is 77.4 Å². The van der Waals surface area contributed by atoms with E-state index >= 15 is 0 Å². The average Bonchev–Trinajstić information content (AvgIpc) is 2.60. The van der Waals surface area contributed by atoms with Crippen molar-refractivity contribution >= 4 is 22.4 Å². The van der Waals surface area contributed by atoms with Crippen molar-refractivity contribution in [2.24, 2.45) is 0 Å². The molecule has 0 atom stereocenters. The predicted molar refractivity (Wildman–Crippen MR) is 107 cm³/mol. The van der Waals surface area contributed by atoms with E-state index in [1.165, 1.54) is 11.1 Å². The number of anilines is 1. The number of hydrogen-bond donors (Lipinski definition) is 1. The molecule has 0 unspecified atom stereocenters.